The Balaban J connectivity index is 0.907. The quantitative estimate of drug-likeness (QED) is 0.167. The number of carbonyl (C=O) groups is 3. The number of rotatable bonds is 11. The molecule has 0 bridgehead atoms. The van der Waals surface area contributed by atoms with Gasteiger partial charge in [0.25, 0.3) is 5.91 Å². The van der Waals surface area contributed by atoms with E-state index in [0.29, 0.717) is 58.2 Å². The molecule has 4 heterocycles. The fourth-order valence-corrected chi connectivity index (χ4v) is 6.98. The molecular weight excluding hydrogens is 684 g/mol. The van der Waals surface area contributed by atoms with Gasteiger partial charge in [-0.05, 0) is 43.2 Å². The number of nitrogens with zero attached hydrogens (tertiary/aromatic N) is 5. The van der Waals surface area contributed by atoms with Crippen LogP contribution in [0.2, 0.25) is 5.02 Å². The van der Waals surface area contributed by atoms with Crippen molar-refractivity contribution in [3.05, 3.63) is 82.1 Å². The number of piperidine rings is 1. The van der Waals surface area contributed by atoms with Gasteiger partial charge in [-0.25, -0.2) is 18.7 Å². The molecule has 3 aliphatic heterocycles. The zero-order chi connectivity index (χ0) is 35.6. The van der Waals surface area contributed by atoms with Crippen molar-refractivity contribution in [1.29, 1.82) is 0 Å². The molecule has 3 aromatic carbocycles. The van der Waals surface area contributed by atoms with Gasteiger partial charge in [-0.3, -0.25) is 24.6 Å². The van der Waals surface area contributed by atoms with E-state index in [9.17, 15) is 18.8 Å². The number of nitrogens with one attached hydrogen (secondary N) is 2. The molecule has 266 valence electrons. The first-order chi connectivity index (χ1) is 24.7. The van der Waals surface area contributed by atoms with E-state index >= 15 is 4.39 Å². The molecule has 4 aromatic rings. The first-order valence-electron chi connectivity index (χ1n) is 16.8. The molecule has 1 aromatic heterocycles. The lowest BCUT2D eigenvalue weighted by Crippen LogP contribution is -2.52. The van der Waals surface area contributed by atoms with E-state index in [-0.39, 0.29) is 41.8 Å². The van der Waals surface area contributed by atoms with Gasteiger partial charge in [0.2, 0.25) is 11.8 Å². The minimum atomic E-state index is -0.780. The van der Waals surface area contributed by atoms with E-state index in [2.05, 4.69) is 30.4 Å². The number of hydrogen-bond acceptors (Lipinski definition) is 10. The number of anilines is 2. The highest BCUT2D eigenvalue weighted by Crippen LogP contribution is 2.35. The summed E-state index contributed by atoms with van der Waals surface area (Å²) in [5, 5.41) is 6.15. The number of amides is 3. The number of aromatic nitrogens is 2. The minimum Gasteiger partial charge on any atom is -0.493 e. The topological polar surface area (TPSA) is 129 Å². The Hall–Kier alpha value is -4.92. The maximum Gasteiger partial charge on any atom is 0.255 e. The van der Waals surface area contributed by atoms with Crippen molar-refractivity contribution in [2.75, 3.05) is 51.8 Å². The molecule has 2 saturated heterocycles. The predicted molar refractivity (Wildman–Crippen MR) is 185 cm³/mol. The summed E-state index contributed by atoms with van der Waals surface area (Å²) in [5.41, 5.74) is 2.32. The minimum absolute atomic E-state index is 0.00113. The molecule has 7 rings (SSSR count). The number of methoxy groups -OCH3 is 1. The molecule has 2 fully saturated rings. The lowest BCUT2D eigenvalue weighted by molar-refractivity contribution is -0.136. The maximum atomic E-state index is 15.7. The molecule has 0 spiro atoms. The predicted octanol–water partition coefficient (Wildman–Crippen LogP) is 4.66. The van der Waals surface area contributed by atoms with Gasteiger partial charge in [0, 0.05) is 79.5 Å². The van der Waals surface area contributed by atoms with Crippen molar-refractivity contribution in [2.45, 2.75) is 38.4 Å². The smallest absolute Gasteiger partial charge is 0.255 e. The molecule has 51 heavy (non-hydrogen) atoms. The van der Waals surface area contributed by atoms with Gasteiger partial charge >= 0.3 is 0 Å². The number of ether oxygens (including phenoxy) is 2. The highest BCUT2D eigenvalue weighted by molar-refractivity contribution is 6.31. The average Bonchev–Trinajstić information content (AvgIpc) is 3.46. The second-order valence-corrected chi connectivity index (χ2v) is 13.2. The van der Waals surface area contributed by atoms with Crippen LogP contribution in [0.25, 0.3) is 10.9 Å². The van der Waals surface area contributed by atoms with Crippen molar-refractivity contribution in [3.8, 4) is 11.5 Å². The Morgan fingerprint density at radius 3 is 2.57 bits per heavy atom. The molecule has 2 N–H and O–H groups in total. The number of benzene rings is 3. The molecule has 0 saturated carbocycles. The Kier molecular flexibility index (Phi) is 9.98. The number of imide groups is 1. The molecule has 0 radical (unpaired) electrons. The van der Waals surface area contributed by atoms with Crippen LogP contribution < -0.4 is 20.1 Å². The maximum absolute atomic E-state index is 15.7. The Labute approximate surface area is 297 Å². The van der Waals surface area contributed by atoms with Crippen LogP contribution in [-0.4, -0.2) is 94.9 Å². The third-order valence-electron chi connectivity index (χ3n) is 9.57. The van der Waals surface area contributed by atoms with Crippen LogP contribution in [0, 0.1) is 11.6 Å². The van der Waals surface area contributed by atoms with Crippen molar-refractivity contribution < 1.29 is 32.6 Å². The molecule has 12 nitrogen and oxygen atoms in total. The van der Waals surface area contributed by atoms with Crippen molar-refractivity contribution >= 4 is 51.7 Å². The molecule has 1 atom stereocenters. The monoisotopic (exact) mass is 719 g/mol. The van der Waals surface area contributed by atoms with E-state index < -0.39 is 23.6 Å². The van der Waals surface area contributed by atoms with Crippen LogP contribution in [0.4, 0.5) is 20.3 Å². The standard InChI is InChI=1S/C36H36ClF2N7O5/c1-50-30-17-28-24(34(41-20-40-28)42-22-4-6-27(38)26(37)15-22)16-31(30)51-14-2-9-44-10-12-45(13-11-44)18-21-3-5-23-25(33(21)39)19-46(36(23)49)29-7-8-32(47)43-35(29)48/h3-6,15-17,20,29H,2,7-14,18-19H2,1H3,(H,40,41,42)(H,43,47,48). The first-order valence-corrected chi connectivity index (χ1v) is 17.1. The van der Waals surface area contributed by atoms with Gasteiger partial charge in [-0.15, -0.1) is 0 Å². The fraction of sp³-hybridized carbons (Fsp3) is 0.361. The molecule has 1 unspecified atom stereocenters. The molecular formula is C36H36ClF2N7O5. The fourth-order valence-electron chi connectivity index (χ4n) is 6.80. The van der Waals surface area contributed by atoms with Gasteiger partial charge in [0.1, 0.15) is 29.8 Å². The van der Waals surface area contributed by atoms with E-state index in [1.54, 1.807) is 31.4 Å². The second-order valence-electron chi connectivity index (χ2n) is 12.8. The Morgan fingerprint density at radius 1 is 1.00 bits per heavy atom. The zero-order valence-electron chi connectivity index (χ0n) is 27.9. The summed E-state index contributed by atoms with van der Waals surface area (Å²) in [7, 11) is 1.57. The summed E-state index contributed by atoms with van der Waals surface area (Å²) in [6, 6.07) is 10.5. The first kappa shape index (κ1) is 34.5. The van der Waals surface area contributed by atoms with Crippen LogP contribution in [-0.2, 0) is 22.7 Å². The van der Waals surface area contributed by atoms with E-state index in [1.807, 2.05) is 6.07 Å². The normalized spacial score (nSPS) is 18.2. The number of piperazine rings is 1. The summed E-state index contributed by atoms with van der Waals surface area (Å²) in [6.07, 6.45) is 2.58. The average molecular weight is 720 g/mol. The lowest BCUT2D eigenvalue weighted by atomic mass is 10.0. The second kappa shape index (κ2) is 14.7. The number of hydrogen-bond donors (Lipinski definition) is 2. The van der Waals surface area contributed by atoms with E-state index in [4.69, 9.17) is 21.1 Å². The molecule has 0 aliphatic carbocycles. The summed E-state index contributed by atoms with van der Waals surface area (Å²) < 4.78 is 41.1. The van der Waals surface area contributed by atoms with Gasteiger partial charge in [-0.1, -0.05) is 17.7 Å². The Bertz CT molecular complexity index is 2010. The van der Waals surface area contributed by atoms with Crippen LogP contribution in [0.1, 0.15) is 40.7 Å². The summed E-state index contributed by atoms with van der Waals surface area (Å²) in [5.74, 6) is -0.585. The molecule has 3 aliphatic rings. The third-order valence-corrected chi connectivity index (χ3v) is 9.86. The lowest BCUT2D eigenvalue weighted by Gasteiger charge is -2.34. The van der Waals surface area contributed by atoms with Gasteiger partial charge < -0.3 is 24.6 Å². The largest absolute Gasteiger partial charge is 0.493 e. The number of carbonyl (C=O) groups excluding carboxylic acids is 3. The van der Waals surface area contributed by atoms with Gasteiger partial charge in [0.05, 0.1) is 30.8 Å². The summed E-state index contributed by atoms with van der Waals surface area (Å²) >= 11 is 5.96. The summed E-state index contributed by atoms with van der Waals surface area (Å²) in [6.45, 7) is 4.83. The highest BCUT2D eigenvalue weighted by atomic mass is 35.5. The van der Waals surface area contributed by atoms with E-state index in [0.717, 1.165) is 39.1 Å². The van der Waals surface area contributed by atoms with Gasteiger partial charge in [-0.2, -0.15) is 0 Å². The van der Waals surface area contributed by atoms with Crippen LogP contribution in [0.3, 0.4) is 0 Å². The zero-order valence-corrected chi connectivity index (χ0v) is 28.6. The molecule has 15 heteroatoms. The Morgan fingerprint density at radius 2 is 1.80 bits per heavy atom. The van der Waals surface area contributed by atoms with Crippen LogP contribution in [0.5, 0.6) is 11.5 Å². The van der Waals surface area contributed by atoms with E-state index in [1.165, 1.54) is 23.4 Å². The van der Waals surface area contributed by atoms with Crippen molar-refractivity contribution in [1.82, 2.24) is 30.0 Å². The number of fused-ring (bicyclic) bond motifs is 2. The highest BCUT2D eigenvalue weighted by Gasteiger charge is 2.40. The van der Waals surface area contributed by atoms with Crippen LogP contribution in [0.15, 0.2) is 48.8 Å². The molecule has 3 amide bonds. The SMILES string of the molecule is COc1cc2ncnc(Nc3ccc(F)c(Cl)c3)c2cc1OCCCN1CCN(Cc2ccc3c(c2F)CN(C2CCC(=O)NC2=O)C3=O)CC1. The van der Waals surface area contributed by atoms with Crippen LogP contribution >= 0.6 is 11.6 Å². The number of halogens is 3. The summed E-state index contributed by atoms with van der Waals surface area (Å²) in [4.78, 5) is 51.6. The van der Waals surface area contributed by atoms with Crippen molar-refractivity contribution in [2.24, 2.45) is 0 Å². The van der Waals surface area contributed by atoms with Crippen molar-refractivity contribution in [3.63, 3.8) is 0 Å². The third kappa shape index (κ3) is 7.30. The van der Waals surface area contributed by atoms with Gasteiger partial charge in [0.15, 0.2) is 11.5 Å².